The van der Waals surface area contributed by atoms with Crippen LogP contribution < -0.4 is 4.74 Å². The van der Waals surface area contributed by atoms with Crippen LogP contribution in [0, 0.1) is 17.8 Å². The molecule has 1 aromatic carbocycles. The molecule has 0 spiro atoms. The van der Waals surface area contributed by atoms with Gasteiger partial charge in [0, 0.05) is 37.4 Å². The summed E-state index contributed by atoms with van der Waals surface area (Å²) in [4.78, 5) is 7.10. The predicted molar refractivity (Wildman–Crippen MR) is 111 cm³/mol. The minimum absolute atomic E-state index is 0.303. The van der Waals surface area contributed by atoms with Gasteiger partial charge in [0.15, 0.2) is 9.84 Å². The van der Waals surface area contributed by atoms with Crippen molar-refractivity contribution in [2.45, 2.75) is 24.3 Å². The predicted octanol–water partition coefficient (Wildman–Crippen LogP) is 2.48. The summed E-state index contributed by atoms with van der Waals surface area (Å²) in [7, 11) is -3.19. The second-order valence-electron chi connectivity index (χ2n) is 8.98. The Balaban J connectivity index is 1.28. The van der Waals surface area contributed by atoms with E-state index in [1.807, 2.05) is 26.0 Å². The Morgan fingerprint density at radius 1 is 1.14 bits per heavy atom. The zero-order chi connectivity index (χ0) is 20.8. The first-order valence-corrected chi connectivity index (χ1v) is 11.8. The van der Waals surface area contributed by atoms with Crippen molar-refractivity contribution in [2.75, 3.05) is 32.5 Å². The van der Waals surface area contributed by atoms with Crippen LogP contribution in [0.25, 0.3) is 11.3 Å². The van der Waals surface area contributed by atoms with Crippen LogP contribution in [0.2, 0.25) is 0 Å². The number of fused-ring (bicyclic) bond motifs is 1. The molecule has 1 aromatic heterocycles. The Morgan fingerprint density at radius 2 is 1.79 bits per heavy atom. The Morgan fingerprint density at radius 3 is 2.31 bits per heavy atom. The monoisotopic (exact) mass is 416 g/mol. The summed E-state index contributed by atoms with van der Waals surface area (Å²) >= 11 is 0. The Labute approximate surface area is 172 Å². The molecule has 156 valence electrons. The number of aliphatic hydroxyl groups is 1. The molecule has 1 saturated heterocycles. The van der Waals surface area contributed by atoms with Gasteiger partial charge in [-0.25, -0.2) is 8.42 Å². The summed E-state index contributed by atoms with van der Waals surface area (Å²) in [6, 6.07) is 10.5. The Hall–Kier alpha value is -1.96. The molecule has 29 heavy (non-hydrogen) atoms. The van der Waals surface area contributed by atoms with Crippen LogP contribution in [0.5, 0.6) is 5.75 Å². The van der Waals surface area contributed by atoms with Gasteiger partial charge in [-0.15, -0.1) is 0 Å². The lowest BCUT2D eigenvalue weighted by atomic mass is 10.1. The molecule has 3 atom stereocenters. The highest BCUT2D eigenvalue weighted by Gasteiger charge is 2.56. The van der Waals surface area contributed by atoms with Gasteiger partial charge < -0.3 is 9.84 Å². The van der Waals surface area contributed by atoms with E-state index >= 15 is 0 Å². The summed E-state index contributed by atoms with van der Waals surface area (Å²) < 4.78 is 29.1. The van der Waals surface area contributed by atoms with E-state index in [2.05, 4.69) is 9.88 Å². The minimum atomic E-state index is -3.19. The van der Waals surface area contributed by atoms with Gasteiger partial charge in [0.25, 0.3) is 0 Å². The van der Waals surface area contributed by atoms with Gasteiger partial charge in [-0.1, -0.05) is 12.1 Å². The topological polar surface area (TPSA) is 79.7 Å². The number of sulfone groups is 1. The number of hydrogen-bond donors (Lipinski definition) is 1. The number of benzene rings is 1. The van der Waals surface area contributed by atoms with E-state index in [4.69, 9.17) is 4.74 Å². The van der Waals surface area contributed by atoms with E-state index in [-0.39, 0.29) is 0 Å². The fourth-order valence-electron chi connectivity index (χ4n) is 4.36. The number of aromatic nitrogens is 1. The van der Waals surface area contributed by atoms with Crippen molar-refractivity contribution in [3.05, 3.63) is 42.6 Å². The van der Waals surface area contributed by atoms with E-state index < -0.39 is 15.4 Å². The first-order valence-electron chi connectivity index (χ1n) is 9.94. The summed E-state index contributed by atoms with van der Waals surface area (Å²) in [5.74, 6) is 2.70. The molecule has 1 aliphatic carbocycles. The Bertz CT molecular complexity index is 953. The first kappa shape index (κ1) is 20.3. The molecule has 1 N–H and O–H groups in total. The van der Waals surface area contributed by atoms with Crippen molar-refractivity contribution in [1.82, 2.24) is 9.88 Å². The normalized spacial score (nSPS) is 24.3. The van der Waals surface area contributed by atoms with Crippen molar-refractivity contribution in [3.8, 4) is 17.0 Å². The fraction of sp³-hybridized carbons (Fsp3) is 0.500. The molecular formula is C22H28N2O4S. The molecule has 2 aromatic rings. The zero-order valence-electron chi connectivity index (χ0n) is 17.1. The zero-order valence-corrected chi connectivity index (χ0v) is 17.9. The highest BCUT2D eigenvalue weighted by atomic mass is 32.2. The van der Waals surface area contributed by atoms with Gasteiger partial charge in [-0.2, -0.15) is 0 Å². The third kappa shape index (κ3) is 4.79. The molecule has 7 heteroatoms. The van der Waals surface area contributed by atoms with Crippen molar-refractivity contribution in [1.29, 1.82) is 0 Å². The fourth-order valence-corrected chi connectivity index (χ4v) is 4.99. The SMILES string of the molecule is CC(C)(O)CN1CC2[C@@H](COc3ccc(-c4ccc(S(C)(=O)=O)cc4)nc3)[C@@H]2C1. The molecule has 6 nitrogen and oxygen atoms in total. The maximum Gasteiger partial charge on any atom is 0.175 e. The third-order valence-electron chi connectivity index (χ3n) is 5.81. The van der Waals surface area contributed by atoms with Crippen LogP contribution in [0.15, 0.2) is 47.5 Å². The molecular weight excluding hydrogens is 388 g/mol. The van der Waals surface area contributed by atoms with Gasteiger partial charge in [-0.3, -0.25) is 9.88 Å². The molecule has 0 radical (unpaired) electrons. The maximum atomic E-state index is 11.6. The van der Waals surface area contributed by atoms with Gasteiger partial charge in [0.1, 0.15) is 5.75 Å². The number of rotatable bonds is 7. The van der Waals surface area contributed by atoms with Crippen molar-refractivity contribution in [3.63, 3.8) is 0 Å². The Kier molecular flexibility index (Phi) is 5.17. The molecule has 2 fully saturated rings. The maximum absolute atomic E-state index is 11.6. The first-order chi connectivity index (χ1) is 13.6. The van der Waals surface area contributed by atoms with Gasteiger partial charge in [0.05, 0.1) is 29.0 Å². The molecule has 1 unspecified atom stereocenters. The summed E-state index contributed by atoms with van der Waals surface area (Å²) in [6.07, 6.45) is 2.92. The highest BCUT2D eigenvalue weighted by Crippen LogP contribution is 2.51. The van der Waals surface area contributed by atoms with Crippen LogP contribution in [0.1, 0.15) is 13.8 Å². The van der Waals surface area contributed by atoms with Crippen molar-refractivity contribution >= 4 is 9.84 Å². The van der Waals surface area contributed by atoms with Crippen molar-refractivity contribution < 1.29 is 18.3 Å². The molecule has 2 heterocycles. The van der Waals surface area contributed by atoms with Crippen LogP contribution >= 0.6 is 0 Å². The minimum Gasteiger partial charge on any atom is -0.492 e. The second-order valence-corrected chi connectivity index (χ2v) is 11.0. The van der Waals surface area contributed by atoms with Crippen LogP contribution in [-0.4, -0.2) is 61.5 Å². The lowest BCUT2D eigenvalue weighted by molar-refractivity contribution is 0.0381. The standard InChI is InChI=1S/C22H28N2O4S/c1-22(2,25)14-24-11-18-19(12-24)20(18)13-28-16-6-9-21(23-10-16)15-4-7-17(8-5-15)29(3,26)27/h4-10,18-20,25H,11-14H2,1-3H3/t18-,19?,20+/m1/s1. The molecule has 1 saturated carbocycles. The van der Waals surface area contributed by atoms with Gasteiger partial charge in [-0.05, 0) is 49.9 Å². The lowest BCUT2D eigenvalue weighted by Gasteiger charge is -2.27. The van der Waals surface area contributed by atoms with Crippen molar-refractivity contribution in [2.24, 2.45) is 17.8 Å². The molecule has 4 rings (SSSR count). The average Bonchev–Trinajstić information content (AvgIpc) is 3.10. The smallest absolute Gasteiger partial charge is 0.175 e. The number of pyridine rings is 1. The molecule has 2 aliphatic rings. The third-order valence-corrected chi connectivity index (χ3v) is 6.94. The lowest BCUT2D eigenvalue weighted by Crippen LogP contribution is -2.39. The second kappa shape index (κ2) is 7.38. The van der Waals surface area contributed by atoms with E-state index in [1.54, 1.807) is 30.5 Å². The van der Waals surface area contributed by atoms with Crippen LogP contribution in [0.3, 0.4) is 0 Å². The largest absolute Gasteiger partial charge is 0.492 e. The van der Waals surface area contributed by atoms with Gasteiger partial charge >= 0.3 is 0 Å². The van der Waals surface area contributed by atoms with Gasteiger partial charge in [0.2, 0.25) is 0 Å². The summed E-state index contributed by atoms with van der Waals surface area (Å²) in [5, 5.41) is 9.95. The number of ether oxygens (including phenoxy) is 1. The number of hydrogen-bond acceptors (Lipinski definition) is 6. The number of likely N-dealkylation sites (tertiary alicyclic amines) is 1. The number of nitrogens with zero attached hydrogens (tertiary/aromatic N) is 2. The molecule has 1 aliphatic heterocycles. The summed E-state index contributed by atoms with van der Waals surface area (Å²) in [6.45, 7) is 7.23. The molecule has 0 amide bonds. The average molecular weight is 417 g/mol. The van der Waals surface area contributed by atoms with E-state index in [1.165, 1.54) is 6.26 Å². The summed E-state index contributed by atoms with van der Waals surface area (Å²) in [5.41, 5.74) is 1.01. The van der Waals surface area contributed by atoms with E-state index in [9.17, 15) is 13.5 Å². The number of β-amino-alcohol motifs (C(OH)–C–C–N with tert-alkyl or cyclic N) is 1. The van der Waals surface area contributed by atoms with Crippen LogP contribution in [-0.2, 0) is 9.84 Å². The van der Waals surface area contributed by atoms with E-state index in [0.29, 0.717) is 29.3 Å². The van der Waals surface area contributed by atoms with Crippen LogP contribution in [0.4, 0.5) is 0 Å². The highest BCUT2D eigenvalue weighted by molar-refractivity contribution is 7.90. The number of piperidine rings is 1. The van der Waals surface area contributed by atoms with E-state index in [0.717, 1.165) is 36.6 Å². The molecule has 0 bridgehead atoms. The quantitative estimate of drug-likeness (QED) is 0.747.